The van der Waals surface area contributed by atoms with Crippen molar-refractivity contribution in [1.29, 1.82) is 0 Å². The van der Waals surface area contributed by atoms with E-state index in [9.17, 15) is 4.79 Å². The monoisotopic (exact) mass is 399 g/mol. The van der Waals surface area contributed by atoms with Crippen molar-refractivity contribution in [3.05, 3.63) is 90.2 Å². The molecule has 0 aliphatic carbocycles. The van der Waals surface area contributed by atoms with E-state index in [1.54, 1.807) is 4.90 Å². The van der Waals surface area contributed by atoms with Crippen LogP contribution in [0.1, 0.15) is 11.3 Å². The fourth-order valence-electron chi connectivity index (χ4n) is 3.73. The predicted molar refractivity (Wildman–Crippen MR) is 115 cm³/mol. The highest BCUT2D eigenvalue weighted by Crippen LogP contribution is 2.33. The summed E-state index contributed by atoms with van der Waals surface area (Å²) in [4.78, 5) is 15.3. The van der Waals surface area contributed by atoms with Crippen LogP contribution in [0.2, 0.25) is 0 Å². The Balaban J connectivity index is 1.48. The summed E-state index contributed by atoms with van der Waals surface area (Å²) in [6.45, 7) is 2.46. The van der Waals surface area contributed by atoms with Gasteiger partial charge in [0.2, 0.25) is 6.10 Å². The molecule has 1 atom stereocenters. The third kappa shape index (κ3) is 3.39. The molecule has 0 N–H and O–H groups in total. The molecule has 0 saturated heterocycles. The van der Waals surface area contributed by atoms with Gasteiger partial charge in [0, 0.05) is 11.1 Å². The van der Waals surface area contributed by atoms with Crippen LogP contribution in [0, 0.1) is 6.92 Å². The van der Waals surface area contributed by atoms with E-state index < -0.39 is 6.10 Å². The molecule has 1 amide bonds. The summed E-state index contributed by atoms with van der Waals surface area (Å²) in [6.07, 6.45) is -0.733. The number of anilines is 1. The molecule has 0 fully saturated rings. The molecule has 0 saturated carbocycles. The van der Waals surface area contributed by atoms with Crippen molar-refractivity contribution in [2.45, 2.75) is 19.6 Å². The zero-order valence-electron chi connectivity index (χ0n) is 16.6. The van der Waals surface area contributed by atoms with Crippen molar-refractivity contribution in [2.75, 3.05) is 11.5 Å². The number of para-hydroxylation sites is 4. The summed E-state index contributed by atoms with van der Waals surface area (Å²) in [5.74, 6) is 1.78. The van der Waals surface area contributed by atoms with Gasteiger partial charge >= 0.3 is 0 Å². The maximum atomic E-state index is 13.6. The van der Waals surface area contributed by atoms with Crippen LogP contribution in [0.5, 0.6) is 11.5 Å². The zero-order chi connectivity index (χ0) is 20.5. The Morgan fingerprint density at radius 2 is 1.70 bits per heavy atom. The number of rotatable bonds is 4. The Morgan fingerprint density at radius 1 is 0.967 bits per heavy atom. The highest BCUT2D eigenvalue weighted by molar-refractivity contribution is 5.97. The first kappa shape index (κ1) is 18.3. The number of ether oxygens (including phenoxy) is 2. The molecule has 30 heavy (non-hydrogen) atoms. The lowest BCUT2D eigenvalue weighted by molar-refractivity contribution is -0.127. The number of carbonyl (C=O) groups excluding carboxylic acids is 1. The normalized spacial score (nSPS) is 15.2. The average Bonchev–Trinajstić information content (AvgIpc) is 3.20. The number of amides is 1. The largest absolute Gasteiger partial charge is 0.485 e. The number of aryl methyl sites for hydroxylation is 1. The fourth-order valence-corrected chi connectivity index (χ4v) is 3.73. The first-order chi connectivity index (χ1) is 14.7. The average molecular weight is 399 g/mol. The molecule has 2 heterocycles. The van der Waals surface area contributed by atoms with Gasteiger partial charge in [-0.05, 0) is 42.8 Å². The molecule has 150 valence electrons. The van der Waals surface area contributed by atoms with Crippen LogP contribution < -0.4 is 14.4 Å². The topological polar surface area (TPSA) is 51.9 Å². The standard InChI is InChI=1S/C25H21NO4/c1-17-8-2-4-10-20(17)26(15-19-14-18-9-3-5-11-21(18)29-19)25(27)24-16-28-22-12-6-7-13-23(22)30-24/h2-14,24H,15-16H2,1H3/t24-/m0/s1. The lowest BCUT2D eigenvalue weighted by Crippen LogP contribution is -2.46. The van der Waals surface area contributed by atoms with E-state index in [0.717, 1.165) is 22.2 Å². The third-order valence-corrected chi connectivity index (χ3v) is 5.25. The SMILES string of the molecule is Cc1ccccc1N(Cc1cc2ccccc2o1)C(=O)[C@@H]1COc2ccccc2O1. The predicted octanol–water partition coefficient (Wildman–Crippen LogP) is 5.11. The number of nitrogens with zero attached hydrogens (tertiary/aromatic N) is 1. The maximum absolute atomic E-state index is 13.6. The van der Waals surface area contributed by atoms with Gasteiger partial charge in [-0.3, -0.25) is 4.79 Å². The Labute approximate surface area is 174 Å². The van der Waals surface area contributed by atoms with Crippen molar-refractivity contribution < 1.29 is 18.7 Å². The molecule has 5 nitrogen and oxygen atoms in total. The maximum Gasteiger partial charge on any atom is 0.272 e. The molecule has 1 aromatic heterocycles. The van der Waals surface area contributed by atoms with E-state index in [4.69, 9.17) is 13.9 Å². The number of hydrogen-bond acceptors (Lipinski definition) is 4. The van der Waals surface area contributed by atoms with Gasteiger partial charge in [0.15, 0.2) is 11.5 Å². The van der Waals surface area contributed by atoms with Crippen molar-refractivity contribution in [3.8, 4) is 11.5 Å². The van der Waals surface area contributed by atoms with Crippen LogP contribution in [0.4, 0.5) is 5.69 Å². The summed E-state index contributed by atoms with van der Waals surface area (Å²) in [6, 6.07) is 25.0. The fraction of sp³-hybridized carbons (Fsp3) is 0.160. The molecular weight excluding hydrogens is 378 g/mol. The number of fused-ring (bicyclic) bond motifs is 2. The van der Waals surface area contributed by atoms with Gasteiger partial charge in [-0.15, -0.1) is 0 Å². The Bertz CT molecular complexity index is 1180. The van der Waals surface area contributed by atoms with Gasteiger partial charge in [-0.2, -0.15) is 0 Å². The molecule has 1 aliphatic heterocycles. The van der Waals surface area contributed by atoms with E-state index in [-0.39, 0.29) is 12.5 Å². The molecule has 3 aromatic carbocycles. The highest BCUT2D eigenvalue weighted by Gasteiger charge is 2.33. The van der Waals surface area contributed by atoms with Crippen LogP contribution in [-0.2, 0) is 11.3 Å². The van der Waals surface area contributed by atoms with E-state index in [1.807, 2.05) is 85.8 Å². The van der Waals surface area contributed by atoms with Gasteiger partial charge < -0.3 is 18.8 Å². The highest BCUT2D eigenvalue weighted by atomic mass is 16.6. The van der Waals surface area contributed by atoms with Crippen LogP contribution in [0.25, 0.3) is 11.0 Å². The second-order valence-corrected chi connectivity index (χ2v) is 7.33. The third-order valence-electron chi connectivity index (χ3n) is 5.25. The first-order valence-electron chi connectivity index (χ1n) is 9.92. The zero-order valence-corrected chi connectivity index (χ0v) is 16.6. The molecule has 5 heteroatoms. The van der Waals surface area contributed by atoms with Crippen LogP contribution in [0.15, 0.2) is 83.3 Å². The second-order valence-electron chi connectivity index (χ2n) is 7.33. The summed E-state index contributed by atoms with van der Waals surface area (Å²) in [5.41, 5.74) is 2.63. The summed E-state index contributed by atoms with van der Waals surface area (Å²) < 4.78 is 17.7. The van der Waals surface area contributed by atoms with Crippen molar-refractivity contribution >= 4 is 22.6 Å². The molecule has 4 aromatic rings. The van der Waals surface area contributed by atoms with Gasteiger partial charge in [0.25, 0.3) is 5.91 Å². The Hall–Kier alpha value is -3.73. The van der Waals surface area contributed by atoms with E-state index >= 15 is 0 Å². The lowest BCUT2D eigenvalue weighted by Gasteiger charge is -2.31. The Morgan fingerprint density at radius 3 is 2.53 bits per heavy atom. The molecule has 5 rings (SSSR count). The summed E-state index contributed by atoms with van der Waals surface area (Å²) in [7, 11) is 0. The van der Waals surface area contributed by atoms with Crippen LogP contribution in [0.3, 0.4) is 0 Å². The quantitative estimate of drug-likeness (QED) is 0.478. The van der Waals surface area contributed by atoms with Crippen molar-refractivity contribution in [2.24, 2.45) is 0 Å². The van der Waals surface area contributed by atoms with E-state index in [0.29, 0.717) is 23.8 Å². The smallest absolute Gasteiger partial charge is 0.272 e. The second kappa shape index (κ2) is 7.59. The molecule has 0 spiro atoms. The van der Waals surface area contributed by atoms with Gasteiger partial charge in [0.1, 0.15) is 18.0 Å². The van der Waals surface area contributed by atoms with Crippen molar-refractivity contribution in [3.63, 3.8) is 0 Å². The van der Waals surface area contributed by atoms with Crippen LogP contribution in [-0.4, -0.2) is 18.6 Å². The Kier molecular flexibility index (Phi) is 4.64. The van der Waals surface area contributed by atoms with Gasteiger partial charge in [-0.1, -0.05) is 48.5 Å². The van der Waals surface area contributed by atoms with Crippen molar-refractivity contribution in [1.82, 2.24) is 0 Å². The number of carbonyl (C=O) groups is 1. The number of benzene rings is 3. The minimum atomic E-state index is -0.733. The minimum absolute atomic E-state index is 0.165. The van der Waals surface area contributed by atoms with Gasteiger partial charge in [-0.25, -0.2) is 0 Å². The summed E-state index contributed by atoms with van der Waals surface area (Å²) in [5, 5.41) is 1.01. The molecule has 1 aliphatic rings. The first-order valence-corrected chi connectivity index (χ1v) is 9.92. The number of furan rings is 1. The lowest BCUT2D eigenvalue weighted by atomic mass is 10.1. The molecule has 0 radical (unpaired) electrons. The van der Waals surface area contributed by atoms with Crippen LogP contribution >= 0.6 is 0 Å². The van der Waals surface area contributed by atoms with E-state index in [1.165, 1.54) is 0 Å². The molecule has 0 unspecified atom stereocenters. The van der Waals surface area contributed by atoms with E-state index in [2.05, 4.69) is 0 Å². The number of hydrogen-bond donors (Lipinski definition) is 0. The van der Waals surface area contributed by atoms with Gasteiger partial charge in [0.05, 0.1) is 6.54 Å². The molecule has 0 bridgehead atoms. The summed E-state index contributed by atoms with van der Waals surface area (Å²) >= 11 is 0. The minimum Gasteiger partial charge on any atom is -0.485 e. The molecular formula is C25H21NO4.